The second-order valence-electron chi connectivity index (χ2n) is 14.1. The van der Waals surface area contributed by atoms with Gasteiger partial charge >= 0.3 is 6.09 Å². The van der Waals surface area contributed by atoms with Gasteiger partial charge in [0.1, 0.15) is 18.0 Å². The molecular weight excluding hydrogens is 610 g/mol. The zero-order chi connectivity index (χ0) is 34.4. The highest BCUT2D eigenvalue weighted by Gasteiger charge is 2.44. The number of benzene rings is 2. The molecule has 260 valence electrons. The molecule has 2 amide bonds. The van der Waals surface area contributed by atoms with E-state index in [0.29, 0.717) is 39.3 Å². The van der Waals surface area contributed by atoms with Crippen LogP contribution in [0.5, 0.6) is 5.75 Å². The third-order valence-corrected chi connectivity index (χ3v) is 9.19. The molecule has 1 aliphatic carbocycles. The highest BCUT2D eigenvalue weighted by molar-refractivity contribution is 5.86. The van der Waals surface area contributed by atoms with E-state index < -0.39 is 17.6 Å². The number of piperidine rings is 1. The fourth-order valence-electron chi connectivity index (χ4n) is 6.70. The molecule has 1 saturated heterocycles. The number of fused-ring (bicyclic) bond motifs is 1. The lowest BCUT2D eigenvalue weighted by Crippen LogP contribution is -2.51. The van der Waals surface area contributed by atoms with E-state index in [9.17, 15) is 14.4 Å². The van der Waals surface area contributed by atoms with Crippen LogP contribution in [0.4, 0.5) is 4.79 Å². The molecule has 48 heavy (non-hydrogen) atoms. The van der Waals surface area contributed by atoms with Crippen molar-refractivity contribution in [3.05, 3.63) is 75.6 Å². The Bertz CT molecular complexity index is 1610. The minimum absolute atomic E-state index is 0.00726. The molecule has 0 bridgehead atoms. The zero-order valence-electron chi connectivity index (χ0n) is 29.3. The van der Waals surface area contributed by atoms with Gasteiger partial charge in [-0.25, -0.2) is 4.79 Å². The summed E-state index contributed by atoms with van der Waals surface area (Å²) in [5.41, 5.74) is 3.03. The van der Waals surface area contributed by atoms with Crippen LogP contribution in [0, 0.1) is 5.92 Å². The van der Waals surface area contributed by atoms with Crippen molar-refractivity contribution in [1.29, 1.82) is 0 Å². The summed E-state index contributed by atoms with van der Waals surface area (Å²) in [4.78, 5) is 45.1. The average Bonchev–Trinajstić information content (AvgIpc) is 3.90. The average molecular weight is 662 g/mol. The van der Waals surface area contributed by atoms with Crippen molar-refractivity contribution in [2.75, 3.05) is 47.1 Å². The van der Waals surface area contributed by atoms with Gasteiger partial charge in [0.25, 0.3) is 5.56 Å². The molecule has 2 atom stereocenters. The number of methoxy groups -OCH3 is 2. The van der Waals surface area contributed by atoms with Crippen molar-refractivity contribution < 1.29 is 28.5 Å². The zero-order valence-corrected chi connectivity index (χ0v) is 29.3. The summed E-state index contributed by atoms with van der Waals surface area (Å²) in [7, 11) is 5.12. The van der Waals surface area contributed by atoms with Gasteiger partial charge < -0.3 is 33.3 Å². The van der Waals surface area contributed by atoms with E-state index in [2.05, 4.69) is 12.1 Å². The summed E-state index contributed by atoms with van der Waals surface area (Å²) in [6.07, 6.45) is 3.67. The van der Waals surface area contributed by atoms with Crippen molar-refractivity contribution in [2.45, 2.75) is 77.0 Å². The van der Waals surface area contributed by atoms with Gasteiger partial charge in [-0.3, -0.25) is 9.59 Å². The van der Waals surface area contributed by atoms with Crippen molar-refractivity contribution in [2.24, 2.45) is 13.0 Å². The van der Waals surface area contributed by atoms with Crippen LogP contribution in [0.3, 0.4) is 0 Å². The van der Waals surface area contributed by atoms with Gasteiger partial charge in [0, 0.05) is 65.0 Å². The van der Waals surface area contributed by atoms with Crippen LogP contribution in [0.15, 0.2) is 53.3 Å². The molecule has 0 spiro atoms. The van der Waals surface area contributed by atoms with E-state index in [0.717, 1.165) is 59.0 Å². The summed E-state index contributed by atoms with van der Waals surface area (Å²) < 4.78 is 23.9. The van der Waals surface area contributed by atoms with E-state index in [1.165, 1.54) is 0 Å². The fraction of sp³-hybridized carbons (Fsp3) is 0.553. The standard InChI is InChI=1S/C38H51N3O7/c1-38(2,3)48-37(44)40-16-15-30(32-23-35(42)39(4)34-12-8-7-11-31(32)34)33(25-40)36(43)41(28-13-14-28)24-27-20-26(10-9-17-45-5)21-29(22-27)47-19-18-46-6/h7-8,11-12,20-23,28,30,33H,9-10,13-19,24-25H2,1-6H3. The molecule has 1 saturated carbocycles. The van der Waals surface area contributed by atoms with E-state index >= 15 is 0 Å². The summed E-state index contributed by atoms with van der Waals surface area (Å²) in [5, 5.41) is 0.952. The Hall–Kier alpha value is -3.89. The van der Waals surface area contributed by atoms with Crippen LogP contribution in [0.25, 0.3) is 10.9 Å². The number of amides is 2. The highest BCUT2D eigenvalue weighted by atomic mass is 16.6. The third-order valence-electron chi connectivity index (χ3n) is 9.19. The molecule has 0 N–H and O–H groups in total. The minimum atomic E-state index is -0.660. The summed E-state index contributed by atoms with van der Waals surface area (Å²) in [6.45, 7) is 8.17. The van der Waals surface area contributed by atoms with Gasteiger partial charge in [0.05, 0.1) is 18.0 Å². The molecule has 5 rings (SSSR count). The van der Waals surface area contributed by atoms with Gasteiger partial charge in [0.2, 0.25) is 5.91 Å². The fourth-order valence-corrected chi connectivity index (χ4v) is 6.70. The number of pyridine rings is 1. The van der Waals surface area contributed by atoms with Crippen LogP contribution >= 0.6 is 0 Å². The number of ether oxygens (including phenoxy) is 4. The number of para-hydroxylation sites is 1. The predicted molar refractivity (Wildman–Crippen MR) is 185 cm³/mol. The molecule has 2 heterocycles. The third kappa shape index (κ3) is 8.76. The molecule has 2 fully saturated rings. The molecule has 2 unspecified atom stereocenters. The smallest absolute Gasteiger partial charge is 0.410 e. The number of carbonyl (C=O) groups is 2. The molecule has 2 aliphatic rings. The predicted octanol–water partition coefficient (Wildman–Crippen LogP) is 5.67. The summed E-state index contributed by atoms with van der Waals surface area (Å²) >= 11 is 0. The Labute approximate surface area is 283 Å². The second kappa shape index (κ2) is 15.6. The first-order valence-corrected chi connectivity index (χ1v) is 17.1. The topological polar surface area (TPSA) is 99.5 Å². The first-order chi connectivity index (χ1) is 23.0. The maximum atomic E-state index is 14.9. The normalized spacial score (nSPS) is 18.2. The maximum Gasteiger partial charge on any atom is 0.410 e. The van der Waals surface area contributed by atoms with Crippen LogP contribution in [0.1, 0.15) is 69.1 Å². The lowest BCUT2D eigenvalue weighted by atomic mass is 9.78. The molecular formula is C38H51N3O7. The Balaban J connectivity index is 1.50. The molecule has 10 heteroatoms. The second-order valence-corrected chi connectivity index (χ2v) is 14.1. The Morgan fingerprint density at radius 3 is 2.38 bits per heavy atom. The lowest BCUT2D eigenvalue weighted by molar-refractivity contribution is -0.139. The first kappa shape index (κ1) is 35.4. The van der Waals surface area contributed by atoms with Crippen molar-refractivity contribution >= 4 is 22.9 Å². The maximum absolute atomic E-state index is 14.9. The highest BCUT2D eigenvalue weighted by Crippen LogP contribution is 2.40. The lowest BCUT2D eigenvalue weighted by Gasteiger charge is -2.41. The van der Waals surface area contributed by atoms with E-state index in [-0.39, 0.29) is 30.0 Å². The largest absolute Gasteiger partial charge is 0.491 e. The van der Waals surface area contributed by atoms with E-state index in [1.54, 1.807) is 36.8 Å². The Morgan fingerprint density at radius 1 is 0.938 bits per heavy atom. The quantitative estimate of drug-likeness (QED) is 0.218. The van der Waals surface area contributed by atoms with Crippen molar-refractivity contribution in [3.63, 3.8) is 0 Å². The monoisotopic (exact) mass is 661 g/mol. The van der Waals surface area contributed by atoms with Gasteiger partial charge in [-0.15, -0.1) is 0 Å². The number of carbonyl (C=O) groups excluding carboxylic acids is 2. The Morgan fingerprint density at radius 2 is 1.67 bits per heavy atom. The SMILES string of the molecule is COCCCc1cc(CN(C(=O)C2CN(C(=O)OC(C)(C)C)CCC2c2cc(=O)n(C)c3ccccc23)C2CC2)cc(OCCOC)c1. The molecule has 3 aromatic rings. The number of aryl methyl sites for hydroxylation is 2. The van der Waals surface area contributed by atoms with Gasteiger partial charge in [-0.05, 0) is 93.7 Å². The summed E-state index contributed by atoms with van der Waals surface area (Å²) in [5.74, 6) is -0.0557. The number of hydrogen-bond donors (Lipinski definition) is 0. The summed E-state index contributed by atoms with van der Waals surface area (Å²) in [6, 6.07) is 15.9. The molecule has 0 radical (unpaired) electrons. The van der Waals surface area contributed by atoms with Crippen LogP contribution in [0.2, 0.25) is 0 Å². The van der Waals surface area contributed by atoms with Crippen LogP contribution in [-0.2, 0) is 39.0 Å². The molecule has 1 aromatic heterocycles. The number of hydrogen-bond acceptors (Lipinski definition) is 7. The van der Waals surface area contributed by atoms with Crippen molar-refractivity contribution in [1.82, 2.24) is 14.4 Å². The number of nitrogens with zero attached hydrogens (tertiary/aromatic N) is 3. The van der Waals surface area contributed by atoms with Gasteiger partial charge in [-0.1, -0.05) is 24.3 Å². The van der Waals surface area contributed by atoms with Gasteiger partial charge in [0.15, 0.2) is 0 Å². The first-order valence-electron chi connectivity index (χ1n) is 17.1. The minimum Gasteiger partial charge on any atom is -0.491 e. The van der Waals surface area contributed by atoms with Gasteiger partial charge in [-0.2, -0.15) is 0 Å². The Kier molecular flexibility index (Phi) is 11.5. The van der Waals surface area contributed by atoms with E-state index in [1.807, 2.05) is 56.0 Å². The molecule has 2 aromatic carbocycles. The number of likely N-dealkylation sites (tertiary alicyclic amines) is 1. The van der Waals surface area contributed by atoms with Crippen LogP contribution < -0.4 is 10.3 Å². The number of aromatic nitrogens is 1. The molecule has 1 aliphatic heterocycles. The number of rotatable bonds is 13. The molecule has 10 nitrogen and oxygen atoms in total. The van der Waals surface area contributed by atoms with Crippen molar-refractivity contribution in [3.8, 4) is 5.75 Å². The van der Waals surface area contributed by atoms with Crippen LogP contribution in [-0.4, -0.2) is 85.1 Å². The van der Waals surface area contributed by atoms with E-state index in [4.69, 9.17) is 18.9 Å².